The summed E-state index contributed by atoms with van der Waals surface area (Å²) in [5.74, 6) is 0.244. The third kappa shape index (κ3) is 5.32. The number of carbonyl (C=O) groups is 1. The molecule has 3 rings (SSSR count). The quantitative estimate of drug-likeness (QED) is 0.871. The maximum Gasteiger partial charge on any atom is 0.224 e. The van der Waals surface area contributed by atoms with Crippen molar-refractivity contribution in [3.8, 4) is 0 Å². The summed E-state index contributed by atoms with van der Waals surface area (Å²) < 4.78 is 0. The van der Waals surface area contributed by atoms with Crippen LogP contribution in [0.2, 0.25) is 5.02 Å². The summed E-state index contributed by atoms with van der Waals surface area (Å²) in [6.45, 7) is 5.42. The minimum atomic E-state index is 0.0749. The summed E-state index contributed by atoms with van der Waals surface area (Å²) in [4.78, 5) is 14.9. The summed E-state index contributed by atoms with van der Waals surface area (Å²) in [5, 5.41) is 3.86. The lowest BCUT2D eigenvalue weighted by atomic mass is 9.96. The largest absolute Gasteiger partial charge is 0.352 e. The third-order valence-corrected chi connectivity index (χ3v) is 5.00. The molecule has 25 heavy (non-hydrogen) atoms. The maximum atomic E-state index is 12.5. The van der Waals surface area contributed by atoms with Crippen LogP contribution in [-0.2, 0) is 17.9 Å². The van der Waals surface area contributed by atoms with E-state index in [2.05, 4.69) is 47.5 Å². The highest BCUT2D eigenvalue weighted by molar-refractivity contribution is 6.30. The van der Waals surface area contributed by atoms with Gasteiger partial charge in [-0.05, 0) is 49.6 Å². The van der Waals surface area contributed by atoms with Gasteiger partial charge in [0, 0.05) is 24.7 Å². The summed E-state index contributed by atoms with van der Waals surface area (Å²) in [6.07, 6.45) is 2.03. The highest BCUT2D eigenvalue weighted by Crippen LogP contribution is 2.20. The zero-order valence-corrected chi connectivity index (χ0v) is 15.4. The fourth-order valence-electron chi connectivity index (χ4n) is 3.42. The number of rotatable bonds is 5. The molecule has 0 saturated carbocycles. The van der Waals surface area contributed by atoms with E-state index in [1.165, 1.54) is 11.1 Å². The van der Waals surface area contributed by atoms with Gasteiger partial charge in [0.25, 0.3) is 0 Å². The van der Waals surface area contributed by atoms with Crippen LogP contribution in [0.1, 0.15) is 29.5 Å². The molecule has 0 spiro atoms. The molecular weight excluding hydrogens is 332 g/mol. The minimum Gasteiger partial charge on any atom is -0.352 e. The van der Waals surface area contributed by atoms with E-state index >= 15 is 0 Å². The molecule has 0 unspecified atom stereocenters. The Labute approximate surface area is 155 Å². The molecule has 1 aliphatic heterocycles. The first-order chi connectivity index (χ1) is 12.1. The molecule has 1 saturated heterocycles. The van der Waals surface area contributed by atoms with Crippen LogP contribution in [0, 0.1) is 12.8 Å². The van der Waals surface area contributed by atoms with Crippen molar-refractivity contribution in [1.82, 2.24) is 10.2 Å². The van der Waals surface area contributed by atoms with Gasteiger partial charge in [0.2, 0.25) is 5.91 Å². The first-order valence-corrected chi connectivity index (χ1v) is 9.28. The number of piperidine rings is 1. The SMILES string of the molecule is Cc1cccc(CNC(=O)[C@@H]2CCCN(Cc3ccc(Cl)cc3)C2)c1. The summed E-state index contributed by atoms with van der Waals surface area (Å²) >= 11 is 5.95. The molecule has 1 amide bonds. The Morgan fingerprint density at radius 2 is 2.00 bits per heavy atom. The van der Waals surface area contributed by atoms with Crippen molar-refractivity contribution >= 4 is 17.5 Å². The zero-order chi connectivity index (χ0) is 17.6. The van der Waals surface area contributed by atoms with Crippen LogP contribution in [0.4, 0.5) is 0 Å². The van der Waals surface area contributed by atoms with Crippen LogP contribution >= 0.6 is 11.6 Å². The molecule has 1 heterocycles. The average Bonchev–Trinajstić information content (AvgIpc) is 2.62. The zero-order valence-electron chi connectivity index (χ0n) is 14.7. The molecule has 132 valence electrons. The third-order valence-electron chi connectivity index (χ3n) is 4.74. The van der Waals surface area contributed by atoms with Crippen LogP contribution in [-0.4, -0.2) is 23.9 Å². The van der Waals surface area contributed by atoms with E-state index in [0.29, 0.717) is 6.54 Å². The Morgan fingerprint density at radius 3 is 2.76 bits per heavy atom. The van der Waals surface area contributed by atoms with Crippen molar-refractivity contribution in [2.24, 2.45) is 5.92 Å². The predicted octanol–water partition coefficient (Wildman–Crippen LogP) is 4.18. The van der Waals surface area contributed by atoms with Crippen molar-refractivity contribution in [3.05, 3.63) is 70.2 Å². The molecule has 1 N–H and O–H groups in total. The fourth-order valence-corrected chi connectivity index (χ4v) is 3.54. The number of nitrogens with zero attached hydrogens (tertiary/aromatic N) is 1. The van der Waals surface area contributed by atoms with E-state index in [-0.39, 0.29) is 11.8 Å². The number of aryl methyl sites for hydroxylation is 1. The van der Waals surface area contributed by atoms with Crippen molar-refractivity contribution in [2.75, 3.05) is 13.1 Å². The highest BCUT2D eigenvalue weighted by atomic mass is 35.5. The van der Waals surface area contributed by atoms with Gasteiger partial charge in [0.1, 0.15) is 0 Å². The molecule has 1 fully saturated rings. The van der Waals surface area contributed by atoms with Gasteiger partial charge in [-0.1, -0.05) is 53.6 Å². The van der Waals surface area contributed by atoms with Crippen LogP contribution < -0.4 is 5.32 Å². The normalized spacial score (nSPS) is 18.1. The number of hydrogen-bond donors (Lipinski definition) is 1. The molecule has 0 radical (unpaired) electrons. The molecule has 3 nitrogen and oxygen atoms in total. The summed E-state index contributed by atoms with van der Waals surface area (Å²) in [6, 6.07) is 16.2. The molecule has 1 atom stereocenters. The van der Waals surface area contributed by atoms with Crippen LogP contribution in [0.15, 0.2) is 48.5 Å². The number of halogens is 1. The van der Waals surface area contributed by atoms with Gasteiger partial charge in [-0.3, -0.25) is 9.69 Å². The van der Waals surface area contributed by atoms with E-state index in [4.69, 9.17) is 11.6 Å². The summed E-state index contributed by atoms with van der Waals surface area (Å²) in [5.41, 5.74) is 3.62. The Bertz CT molecular complexity index is 714. The summed E-state index contributed by atoms with van der Waals surface area (Å²) in [7, 11) is 0. The van der Waals surface area contributed by atoms with Crippen LogP contribution in [0.3, 0.4) is 0 Å². The lowest BCUT2D eigenvalue weighted by Gasteiger charge is -2.32. The lowest BCUT2D eigenvalue weighted by molar-refractivity contribution is -0.126. The first kappa shape index (κ1) is 18.0. The van der Waals surface area contributed by atoms with Gasteiger partial charge in [-0.25, -0.2) is 0 Å². The fraction of sp³-hybridized carbons (Fsp3) is 0.381. The molecule has 1 aliphatic rings. The van der Waals surface area contributed by atoms with Gasteiger partial charge in [0.05, 0.1) is 5.92 Å². The maximum absolute atomic E-state index is 12.5. The molecule has 4 heteroatoms. The average molecular weight is 357 g/mol. The van der Waals surface area contributed by atoms with Gasteiger partial charge in [-0.15, -0.1) is 0 Å². The molecule has 2 aromatic rings. The van der Waals surface area contributed by atoms with Crippen molar-refractivity contribution < 1.29 is 4.79 Å². The van der Waals surface area contributed by atoms with E-state index in [9.17, 15) is 4.79 Å². The van der Waals surface area contributed by atoms with Crippen molar-refractivity contribution in [1.29, 1.82) is 0 Å². The second-order valence-electron chi connectivity index (χ2n) is 6.91. The number of hydrogen-bond acceptors (Lipinski definition) is 2. The number of amides is 1. The van der Waals surface area contributed by atoms with Crippen molar-refractivity contribution in [2.45, 2.75) is 32.9 Å². The Kier molecular flexibility index (Phi) is 6.11. The smallest absolute Gasteiger partial charge is 0.224 e. The van der Waals surface area contributed by atoms with Gasteiger partial charge in [-0.2, -0.15) is 0 Å². The first-order valence-electron chi connectivity index (χ1n) is 8.90. The monoisotopic (exact) mass is 356 g/mol. The van der Waals surface area contributed by atoms with Crippen LogP contribution in [0.5, 0.6) is 0 Å². The Balaban J connectivity index is 1.51. The number of benzene rings is 2. The minimum absolute atomic E-state index is 0.0749. The topological polar surface area (TPSA) is 32.3 Å². The van der Waals surface area contributed by atoms with Gasteiger partial charge < -0.3 is 5.32 Å². The van der Waals surface area contributed by atoms with E-state index in [0.717, 1.165) is 43.1 Å². The molecule has 0 aliphatic carbocycles. The van der Waals surface area contributed by atoms with E-state index in [1.807, 2.05) is 18.2 Å². The molecular formula is C21H25ClN2O. The van der Waals surface area contributed by atoms with E-state index < -0.39 is 0 Å². The predicted molar refractivity (Wildman–Crippen MR) is 102 cm³/mol. The second-order valence-corrected chi connectivity index (χ2v) is 7.34. The molecule has 0 aromatic heterocycles. The molecule has 0 bridgehead atoms. The van der Waals surface area contributed by atoms with Crippen LogP contribution in [0.25, 0.3) is 0 Å². The van der Waals surface area contributed by atoms with Crippen molar-refractivity contribution in [3.63, 3.8) is 0 Å². The second kappa shape index (κ2) is 8.50. The number of nitrogens with one attached hydrogen (secondary N) is 1. The Hall–Kier alpha value is -1.84. The standard InChI is InChI=1S/C21H25ClN2O/c1-16-4-2-5-18(12-16)13-23-21(25)19-6-3-11-24(15-19)14-17-7-9-20(22)10-8-17/h2,4-5,7-10,12,19H,3,6,11,13-15H2,1H3,(H,23,25)/t19-/m1/s1. The lowest BCUT2D eigenvalue weighted by Crippen LogP contribution is -2.42. The van der Waals surface area contributed by atoms with E-state index in [1.54, 1.807) is 0 Å². The number of carbonyl (C=O) groups excluding carboxylic acids is 1. The highest BCUT2D eigenvalue weighted by Gasteiger charge is 2.25. The Morgan fingerprint density at radius 1 is 1.20 bits per heavy atom. The molecule has 2 aromatic carbocycles. The van der Waals surface area contributed by atoms with Gasteiger partial charge >= 0.3 is 0 Å². The van der Waals surface area contributed by atoms with Gasteiger partial charge in [0.15, 0.2) is 0 Å². The number of likely N-dealkylation sites (tertiary alicyclic amines) is 1.